The number of carbonyl (C=O) groups is 1. The van der Waals surface area contributed by atoms with Gasteiger partial charge in [0.15, 0.2) is 0 Å². The molecule has 0 radical (unpaired) electrons. The number of nitrogens with two attached hydrogens (primary N) is 1. The van der Waals surface area contributed by atoms with E-state index in [0.717, 1.165) is 5.56 Å². The first-order chi connectivity index (χ1) is 10.8. The molecule has 1 amide bonds. The summed E-state index contributed by atoms with van der Waals surface area (Å²) in [7, 11) is 0. The van der Waals surface area contributed by atoms with Crippen molar-refractivity contribution in [2.75, 3.05) is 0 Å². The van der Waals surface area contributed by atoms with Crippen LogP contribution in [-0.2, 0) is 0 Å². The molecule has 0 aliphatic rings. The van der Waals surface area contributed by atoms with Crippen LogP contribution in [0.2, 0.25) is 0 Å². The maximum absolute atomic E-state index is 12.0. The zero-order valence-corrected chi connectivity index (χ0v) is 20.4. The van der Waals surface area contributed by atoms with E-state index in [4.69, 9.17) is 5.84 Å². The monoisotopic (exact) mass is 424 g/mol. The largest absolute Gasteiger partial charge is 1.00 e. The zero-order valence-electron chi connectivity index (χ0n) is 17.7. The molecule has 148 valence electrons. The Balaban J connectivity index is -0.000000128. The van der Waals surface area contributed by atoms with Gasteiger partial charge in [-0.15, -0.1) is 24.8 Å². The molecule has 0 heterocycles. The molecule has 2 aromatic rings. The fourth-order valence-corrected chi connectivity index (χ4v) is 1.74. The molecule has 0 aliphatic carbocycles. The first kappa shape index (κ1) is 33.7. The molecule has 0 aromatic heterocycles. The van der Waals surface area contributed by atoms with Crippen LogP contribution in [0.1, 0.15) is 43.7 Å². The van der Waals surface area contributed by atoms with E-state index in [0.29, 0.717) is 5.56 Å². The van der Waals surface area contributed by atoms with E-state index in [9.17, 15) is 4.79 Å². The van der Waals surface area contributed by atoms with Crippen molar-refractivity contribution < 1.29 is 41.3 Å². The Kier molecular flexibility index (Phi) is 20.1. The summed E-state index contributed by atoms with van der Waals surface area (Å²) >= 11 is 0. The van der Waals surface area contributed by atoms with Gasteiger partial charge in [0.05, 0.1) is 5.54 Å². The summed E-state index contributed by atoms with van der Waals surface area (Å²) in [5, 5.41) is 1.25. The molecule has 27 heavy (non-hydrogen) atoms. The number of hydrazine groups is 1. The van der Waals surface area contributed by atoms with Gasteiger partial charge in [-0.1, -0.05) is 60.7 Å². The Hall–Kier alpha value is -0.850. The summed E-state index contributed by atoms with van der Waals surface area (Å²) in [4.78, 5) is 12.0. The molecule has 0 fully saturated rings. The standard InChI is InChI=1S/C13H18N2O.C7H8.2ClH.Na.H2O.H/c1-5-10-6-8-11(9-7-10)12(16)15(14)13(2,3)4;1-7-5-3-2-4-6-7;;;;;/h5-9H,1,14H2,2-4H3;2-6H,1H3;2*1H;;1H2;/q;;;;+1;;-1. The number of amides is 1. The van der Waals surface area contributed by atoms with E-state index < -0.39 is 0 Å². The SMILES string of the molecule is C=Cc1ccc(C(=O)N(N)C(C)(C)C)cc1.Cc1ccccc1.Cl.Cl.O.[H-].[Na+]. The van der Waals surface area contributed by atoms with Crippen molar-refractivity contribution in [3.8, 4) is 0 Å². The fraction of sp³-hybridized carbons (Fsp3) is 0.250. The van der Waals surface area contributed by atoms with E-state index in [-0.39, 0.29) is 72.7 Å². The van der Waals surface area contributed by atoms with Gasteiger partial charge >= 0.3 is 29.6 Å². The fourth-order valence-electron chi connectivity index (χ4n) is 1.74. The summed E-state index contributed by atoms with van der Waals surface area (Å²) in [6.45, 7) is 11.4. The van der Waals surface area contributed by atoms with E-state index in [1.165, 1.54) is 10.6 Å². The molecule has 4 N–H and O–H groups in total. The van der Waals surface area contributed by atoms with Gasteiger partial charge in [-0.2, -0.15) is 0 Å². The van der Waals surface area contributed by atoms with Crippen molar-refractivity contribution in [1.82, 2.24) is 5.01 Å². The van der Waals surface area contributed by atoms with Gasteiger partial charge in [-0.3, -0.25) is 9.80 Å². The number of halogens is 2. The average Bonchev–Trinajstić information content (AvgIpc) is 2.54. The van der Waals surface area contributed by atoms with Gasteiger partial charge in [0.2, 0.25) is 0 Å². The minimum Gasteiger partial charge on any atom is -1.00 e. The molecular weight excluding hydrogens is 394 g/mol. The van der Waals surface area contributed by atoms with Crippen LogP contribution in [0.4, 0.5) is 0 Å². The second-order valence-electron chi connectivity index (χ2n) is 6.33. The second-order valence-corrected chi connectivity index (χ2v) is 6.33. The topological polar surface area (TPSA) is 77.8 Å². The molecule has 7 heteroatoms. The molecule has 0 atom stereocenters. The molecule has 0 aliphatic heterocycles. The van der Waals surface area contributed by atoms with Crippen LogP contribution in [0.25, 0.3) is 6.08 Å². The summed E-state index contributed by atoms with van der Waals surface area (Å²) in [6, 6.07) is 17.5. The van der Waals surface area contributed by atoms with Crippen molar-refractivity contribution in [2.24, 2.45) is 5.84 Å². The minimum atomic E-state index is -0.381. The Morgan fingerprint density at radius 2 is 1.48 bits per heavy atom. The molecule has 0 saturated carbocycles. The van der Waals surface area contributed by atoms with Gasteiger partial charge in [0.25, 0.3) is 5.91 Å². The van der Waals surface area contributed by atoms with Crippen molar-refractivity contribution in [1.29, 1.82) is 0 Å². The van der Waals surface area contributed by atoms with Crippen LogP contribution < -0.4 is 35.4 Å². The molecule has 2 aromatic carbocycles. The van der Waals surface area contributed by atoms with E-state index >= 15 is 0 Å². The quantitative estimate of drug-likeness (QED) is 0.343. The van der Waals surface area contributed by atoms with Crippen LogP contribution in [-0.4, -0.2) is 21.9 Å². The van der Waals surface area contributed by atoms with Crippen LogP contribution in [0.3, 0.4) is 0 Å². The number of rotatable bonds is 2. The van der Waals surface area contributed by atoms with E-state index in [2.05, 4.69) is 25.6 Å². The minimum absolute atomic E-state index is 0. The maximum Gasteiger partial charge on any atom is 1.00 e. The third kappa shape index (κ3) is 12.3. The van der Waals surface area contributed by atoms with Crippen LogP contribution >= 0.6 is 24.8 Å². The first-order valence-electron chi connectivity index (χ1n) is 7.59. The Morgan fingerprint density at radius 1 is 1.04 bits per heavy atom. The van der Waals surface area contributed by atoms with E-state index in [1.54, 1.807) is 18.2 Å². The van der Waals surface area contributed by atoms with Gasteiger partial charge in [-0.05, 0) is 45.4 Å². The predicted molar refractivity (Wildman–Crippen MR) is 117 cm³/mol. The zero-order chi connectivity index (χ0) is 17.5. The number of aryl methyl sites for hydroxylation is 1. The third-order valence-electron chi connectivity index (χ3n) is 3.28. The van der Waals surface area contributed by atoms with Crippen LogP contribution in [0, 0.1) is 6.92 Å². The number of hydrogen-bond donors (Lipinski definition) is 1. The van der Waals surface area contributed by atoms with Crippen LogP contribution in [0.15, 0.2) is 61.2 Å². The number of hydrogen-bond acceptors (Lipinski definition) is 2. The molecule has 0 spiro atoms. The van der Waals surface area contributed by atoms with Gasteiger partial charge in [-0.25, -0.2) is 5.84 Å². The molecule has 0 saturated heterocycles. The Labute approximate surface area is 199 Å². The smallest absolute Gasteiger partial charge is 1.00 e. The summed E-state index contributed by atoms with van der Waals surface area (Å²) < 4.78 is 0. The van der Waals surface area contributed by atoms with Crippen molar-refractivity contribution in [2.45, 2.75) is 33.2 Å². The number of carbonyl (C=O) groups excluding carboxylic acids is 1. The van der Waals surface area contributed by atoms with Crippen molar-refractivity contribution >= 4 is 36.8 Å². The molecule has 4 nitrogen and oxygen atoms in total. The summed E-state index contributed by atoms with van der Waals surface area (Å²) in [5.41, 5.74) is 2.51. The van der Waals surface area contributed by atoms with Crippen molar-refractivity contribution in [3.63, 3.8) is 0 Å². The molecule has 0 bridgehead atoms. The summed E-state index contributed by atoms with van der Waals surface area (Å²) in [6.07, 6.45) is 1.73. The number of benzene rings is 2. The molecule has 0 unspecified atom stereocenters. The second kappa shape index (κ2) is 16.1. The normalized spacial score (nSPS) is 8.78. The maximum atomic E-state index is 12.0. The van der Waals surface area contributed by atoms with Crippen LogP contribution in [0.5, 0.6) is 0 Å². The molecule has 2 rings (SSSR count). The number of nitrogens with zero attached hydrogens (tertiary/aromatic N) is 1. The van der Waals surface area contributed by atoms with Gasteiger partial charge in [0, 0.05) is 5.56 Å². The van der Waals surface area contributed by atoms with Gasteiger partial charge in [0.1, 0.15) is 0 Å². The Bertz CT molecular complexity index is 652. The van der Waals surface area contributed by atoms with Gasteiger partial charge < -0.3 is 6.90 Å². The van der Waals surface area contributed by atoms with Crippen molar-refractivity contribution in [3.05, 3.63) is 77.9 Å². The first-order valence-corrected chi connectivity index (χ1v) is 7.59. The average molecular weight is 425 g/mol. The Morgan fingerprint density at radius 3 is 1.78 bits per heavy atom. The third-order valence-corrected chi connectivity index (χ3v) is 3.28. The summed E-state index contributed by atoms with van der Waals surface area (Å²) in [5.74, 6) is 5.58. The van der Waals surface area contributed by atoms with E-state index in [1.807, 2.05) is 51.1 Å². The molecular formula is C20H31Cl2N2NaO2. The predicted octanol–water partition coefficient (Wildman–Crippen LogP) is 1.57.